The summed E-state index contributed by atoms with van der Waals surface area (Å²) in [6.07, 6.45) is -0.423. The monoisotopic (exact) mass is 504 g/mol. The van der Waals surface area contributed by atoms with Gasteiger partial charge in [-0.2, -0.15) is 0 Å². The number of alkyl carbamates (subject to hydrolysis) is 2. The molecule has 0 aromatic heterocycles. The van der Waals surface area contributed by atoms with Crippen LogP contribution >= 0.6 is 0 Å². The molecule has 0 unspecified atom stereocenters. The Bertz CT molecular complexity index is 998. The minimum atomic E-state index is -0.537. The van der Waals surface area contributed by atoms with Crippen LogP contribution < -0.4 is 10.6 Å². The zero-order valence-electron chi connectivity index (χ0n) is 21.5. The van der Waals surface area contributed by atoms with Gasteiger partial charge in [-0.15, -0.1) is 0 Å². The summed E-state index contributed by atoms with van der Waals surface area (Å²) < 4.78 is 17.2. The van der Waals surface area contributed by atoms with Crippen molar-refractivity contribution in [1.82, 2.24) is 10.6 Å². The van der Waals surface area contributed by atoms with Gasteiger partial charge in [0.05, 0.1) is 24.8 Å². The Balaban J connectivity index is 1.65. The SMILES string of the molecule is CC[C@H](NC(=O)OCc1ccccc1)C(OCc1ccccc1)[C@H](CC)NC(=O)OCc1ccccc1. The highest BCUT2D eigenvalue weighted by Gasteiger charge is 2.32. The molecule has 7 nitrogen and oxygen atoms in total. The second-order valence-corrected chi connectivity index (χ2v) is 8.70. The van der Waals surface area contributed by atoms with E-state index in [2.05, 4.69) is 10.6 Å². The van der Waals surface area contributed by atoms with E-state index in [9.17, 15) is 9.59 Å². The van der Waals surface area contributed by atoms with Crippen molar-refractivity contribution in [2.24, 2.45) is 0 Å². The lowest BCUT2D eigenvalue weighted by Crippen LogP contribution is -2.55. The molecule has 0 heterocycles. The molecule has 0 saturated carbocycles. The van der Waals surface area contributed by atoms with Crippen molar-refractivity contribution in [3.63, 3.8) is 0 Å². The first-order chi connectivity index (χ1) is 18.1. The Hall–Kier alpha value is -3.84. The van der Waals surface area contributed by atoms with Crippen LogP contribution in [0.15, 0.2) is 91.0 Å². The lowest BCUT2D eigenvalue weighted by Gasteiger charge is -2.33. The zero-order valence-corrected chi connectivity index (χ0v) is 21.5. The van der Waals surface area contributed by atoms with Gasteiger partial charge in [0.1, 0.15) is 13.2 Å². The van der Waals surface area contributed by atoms with Gasteiger partial charge in [-0.05, 0) is 29.5 Å². The molecule has 0 radical (unpaired) electrons. The number of nitrogens with one attached hydrogen (secondary N) is 2. The van der Waals surface area contributed by atoms with E-state index in [4.69, 9.17) is 14.2 Å². The van der Waals surface area contributed by atoms with E-state index in [0.29, 0.717) is 19.4 Å². The topological polar surface area (TPSA) is 85.9 Å². The van der Waals surface area contributed by atoms with E-state index in [1.165, 1.54) is 0 Å². The molecule has 3 aromatic carbocycles. The maximum atomic E-state index is 12.7. The van der Waals surface area contributed by atoms with Gasteiger partial charge in [0.2, 0.25) is 0 Å². The van der Waals surface area contributed by atoms with Gasteiger partial charge >= 0.3 is 12.2 Å². The first-order valence-corrected chi connectivity index (χ1v) is 12.7. The predicted octanol–water partition coefficient (Wildman–Crippen LogP) is 5.98. The van der Waals surface area contributed by atoms with Crippen LogP contribution in [-0.4, -0.2) is 30.4 Å². The third-order valence-electron chi connectivity index (χ3n) is 5.99. The van der Waals surface area contributed by atoms with Crippen molar-refractivity contribution >= 4 is 12.2 Å². The van der Waals surface area contributed by atoms with Gasteiger partial charge in [0.15, 0.2) is 0 Å². The largest absolute Gasteiger partial charge is 0.445 e. The molecule has 0 aliphatic rings. The Kier molecular flexibility index (Phi) is 11.5. The van der Waals surface area contributed by atoms with Crippen molar-refractivity contribution in [3.05, 3.63) is 108 Å². The third-order valence-corrected chi connectivity index (χ3v) is 5.99. The van der Waals surface area contributed by atoms with Gasteiger partial charge in [-0.1, -0.05) is 105 Å². The number of ether oxygens (including phenoxy) is 3. The molecule has 2 amide bonds. The highest BCUT2D eigenvalue weighted by Crippen LogP contribution is 2.16. The normalized spacial score (nSPS) is 12.4. The Labute approximate surface area is 219 Å². The van der Waals surface area contributed by atoms with Crippen LogP contribution in [0.5, 0.6) is 0 Å². The van der Waals surface area contributed by atoms with Crippen LogP contribution in [0.1, 0.15) is 43.4 Å². The molecule has 7 heteroatoms. The van der Waals surface area contributed by atoms with Gasteiger partial charge in [-0.25, -0.2) is 9.59 Å². The van der Waals surface area contributed by atoms with Crippen molar-refractivity contribution in [1.29, 1.82) is 0 Å². The molecule has 37 heavy (non-hydrogen) atoms. The quantitative estimate of drug-likeness (QED) is 0.299. The van der Waals surface area contributed by atoms with Crippen LogP contribution in [0.3, 0.4) is 0 Å². The van der Waals surface area contributed by atoms with Crippen LogP contribution in [0.4, 0.5) is 9.59 Å². The average Bonchev–Trinajstić information content (AvgIpc) is 2.95. The van der Waals surface area contributed by atoms with Crippen molar-refractivity contribution in [2.45, 2.75) is 64.7 Å². The number of hydrogen-bond donors (Lipinski definition) is 2. The lowest BCUT2D eigenvalue weighted by molar-refractivity contribution is -0.0123. The molecule has 3 aromatic rings. The molecule has 0 saturated heterocycles. The smallest absolute Gasteiger partial charge is 0.407 e. The molecule has 3 rings (SSSR count). The number of hydrogen-bond acceptors (Lipinski definition) is 5. The van der Waals surface area contributed by atoms with E-state index in [1.54, 1.807) is 0 Å². The number of benzene rings is 3. The number of carbonyl (C=O) groups is 2. The number of rotatable bonds is 13. The fourth-order valence-electron chi connectivity index (χ4n) is 3.94. The highest BCUT2D eigenvalue weighted by molar-refractivity contribution is 5.68. The lowest BCUT2D eigenvalue weighted by atomic mass is 9.98. The second-order valence-electron chi connectivity index (χ2n) is 8.70. The van der Waals surface area contributed by atoms with Gasteiger partial charge < -0.3 is 24.8 Å². The summed E-state index contributed by atoms with van der Waals surface area (Å²) in [4.78, 5) is 25.3. The van der Waals surface area contributed by atoms with E-state index in [0.717, 1.165) is 16.7 Å². The summed E-state index contributed by atoms with van der Waals surface area (Å²) in [6, 6.07) is 28.0. The molecule has 0 aliphatic carbocycles. The van der Waals surface area contributed by atoms with Crippen molar-refractivity contribution < 1.29 is 23.8 Å². The van der Waals surface area contributed by atoms with Crippen LogP contribution in [0.2, 0.25) is 0 Å². The fourth-order valence-corrected chi connectivity index (χ4v) is 3.94. The maximum Gasteiger partial charge on any atom is 0.407 e. The molecular formula is C30H36N2O5. The molecule has 0 bridgehead atoms. The van der Waals surface area contributed by atoms with Crippen molar-refractivity contribution in [3.8, 4) is 0 Å². The Morgan fingerprint density at radius 3 is 1.30 bits per heavy atom. The van der Waals surface area contributed by atoms with Crippen molar-refractivity contribution in [2.75, 3.05) is 0 Å². The zero-order chi connectivity index (χ0) is 26.3. The molecular weight excluding hydrogens is 468 g/mol. The minimum Gasteiger partial charge on any atom is -0.445 e. The van der Waals surface area contributed by atoms with Crippen LogP contribution in [-0.2, 0) is 34.0 Å². The summed E-state index contributed by atoms with van der Waals surface area (Å²) in [5.41, 5.74) is 2.80. The molecule has 2 N–H and O–H groups in total. The van der Waals surface area contributed by atoms with Gasteiger partial charge in [0.25, 0.3) is 0 Å². The third kappa shape index (κ3) is 9.61. The van der Waals surface area contributed by atoms with E-state index in [-0.39, 0.29) is 13.2 Å². The number of amides is 2. The minimum absolute atomic E-state index is 0.167. The van der Waals surface area contributed by atoms with E-state index < -0.39 is 30.4 Å². The summed E-state index contributed by atoms with van der Waals surface area (Å²) >= 11 is 0. The second kappa shape index (κ2) is 15.3. The summed E-state index contributed by atoms with van der Waals surface area (Å²) in [7, 11) is 0. The molecule has 2 atom stereocenters. The maximum absolute atomic E-state index is 12.7. The van der Waals surface area contributed by atoms with E-state index in [1.807, 2.05) is 105 Å². The van der Waals surface area contributed by atoms with Crippen LogP contribution in [0, 0.1) is 0 Å². The summed E-state index contributed by atoms with van der Waals surface area (Å²) in [5.74, 6) is 0. The number of carbonyl (C=O) groups excluding carboxylic acids is 2. The highest BCUT2D eigenvalue weighted by atomic mass is 16.6. The first-order valence-electron chi connectivity index (χ1n) is 12.7. The van der Waals surface area contributed by atoms with Crippen LogP contribution in [0.25, 0.3) is 0 Å². The molecule has 0 fully saturated rings. The van der Waals surface area contributed by atoms with E-state index >= 15 is 0 Å². The standard InChI is InChI=1S/C30H36N2O5/c1-3-26(31-29(33)36-21-24-16-10-6-11-17-24)28(35-20-23-14-8-5-9-15-23)27(4-2)32-30(34)37-22-25-18-12-7-13-19-25/h5-19,26-28H,3-4,20-22H2,1-2H3,(H,31,33)(H,32,34)/t26-,27-/m0/s1. The summed E-state index contributed by atoms with van der Waals surface area (Å²) in [5, 5.41) is 5.88. The Morgan fingerprint density at radius 2 is 0.946 bits per heavy atom. The summed E-state index contributed by atoms with van der Waals surface area (Å²) in [6.45, 7) is 4.59. The fraction of sp³-hybridized carbons (Fsp3) is 0.333. The first kappa shape index (κ1) is 27.7. The van der Waals surface area contributed by atoms with Gasteiger partial charge in [-0.3, -0.25) is 0 Å². The molecule has 196 valence electrons. The Morgan fingerprint density at radius 1 is 0.595 bits per heavy atom. The average molecular weight is 505 g/mol. The molecule has 0 aliphatic heterocycles. The van der Waals surface area contributed by atoms with Gasteiger partial charge in [0, 0.05) is 0 Å². The predicted molar refractivity (Wildman–Crippen MR) is 143 cm³/mol. The molecule has 0 spiro atoms.